The summed E-state index contributed by atoms with van der Waals surface area (Å²) in [5, 5.41) is 77.3. The van der Waals surface area contributed by atoms with E-state index in [9.17, 15) is 126 Å². The molecule has 0 aliphatic carbocycles. The number of nitrogens with one attached hydrogen (secondary N) is 13. The number of unbranched alkanes of at least 4 members (excludes halogenated alkanes) is 3. The van der Waals surface area contributed by atoms with Crippen LogP contribution >= 0.6 is 0 Å². The number of aromatic amines is 1. The number of fused-ring (bicyclic) bond motifs is 1. The van der Waals surface area contributed by atoms with E-state index in [2.05, 4.69) is 50.7 Å². The number of hydrogen-bond donors (Lipinski definition) is 21. The number of cyclic esters (lactones) is 1. The van der Waals surface area contributed by atoms with Gasteiger partial charge in [0.1, 0.15) is 72.6 Å². The lowest BCUT2D eigenvalue weighted by Gasteiger charge is -2.33. The Labute approximate surface area is 670 Å². The molecule has 2 aromatic rings. The van der Waals surface area contributed by atoms with Crippen molar-refractivity contribution in [1.82, 2.24) is 73.7 Å². The van der Waals surface area contributed by atoms with Crippen LogP contribution in [0.1, 0.15) is 144 Å². The van der Waals surface area contributed by atoms with Crippen molar-refractivity contribution in [3.8, 4) is 0 Å². The average molecular weight is 1660 g/mol. The Balaban J connectivity index is 2.29. The molecule has 16 amide bonds. The molecule has 1 aliphatic rings. The number of primary amides is 3. The second-order valence-corrected chi connectivity index (χ2v) is 28.4. The van der Waals surface area contributed by atoms with Gasteiger partial charge in [-0.2, -0.15) is 0 Å². The molecule has 17 atom stereocenters. The quantitative estimate of drug-likeness (QED) is 0.0223. The predicted molar refractivity (Wildman–Crippen MR) is 404 cm³/mol. The average Bonchev–Trinajstić information content (AvgIpc) is 1.73. The van der Waals surface area contributed by atoms with E-state index < -0.39 is 273 Å². The first-order valence-electron chi connectivity index (χ1n) is 37.4. The summed E-state index contributed by atoms with van der Waals surface area (Å²) >= 11 is 0. The SMILES string of the molecule is CCC(C)CCCCCCC(=O)NC(Cc1c[nH]c2ccccc12)C(=O)NC(CCC(=O)O)C(=O)NC(C(=O)NC1C(=O)N(C)CC(=O)NC(C)C(=O)NC(CC(=O)O)C(=O)NC(CC(N)=O)C(=O)NC(C(OC)C(=O)O)C(=O)NCC(=O)NC(CC(N)=O)C(=O)NC(C(C)CC(=O)O)C(=O)NC(C(C)CC)C(=O)OC1C)C(O)C(N)=O. The number of carbonyl (C=O) groups is 21. The molecule has 45 nitrogen and oxygen atoms in total. The fourth-order valence-corrected chi connectivity index (χ4v) is 11.9. The summed E-state index contributed by atoms with van der Waals surface area (Å²) in [6, 6.07) is -16.7. The second kappa shape index (κ2) is 48.0. The number of carbonyl (C=O) groups excluding carboxylic acids is 17. The van der Waals surface area contributed by atoms with Crippen LogP contribution < -0.4 is 81.0 Å². The number of esters is 1. The summed E-state index contributed by atoms with van der Waals surface area (Å²) in [5.74, 6) is -33.1. The Morgan fingerprint density at radius 3 is 1.74 bits per heavy atom. The molecule has 17 unspecified atom stereocenters. The van der Waals surface area contributed by atoms with Crippen molar-refractivity contribution in [2.45, 2.75) is 230 Å². The maximum atomic E-state index is 15.0. The van der Waals surface area contributed by atoms with Gasteiger partial charge in [-0.3, -0.25) is 91.1 Å². The lowest BCUT2D eigenvalue weighted by Crippen LogP contribution is -2.64. The number of aliphatic hydroxyl groups is 1. The summed E-state index contributed by atoms with van der Waals surface area (Å²) in [4.78, 5) is 289. The molecule has 0 radical (unpaired) electrons. The largest absolute Gasteiger partial charge is 0.481 e. The summed E-state index contributed by atoms with van der Waals surface area (Å²) < 4.78 is 10.6. The van der Waals surface area contributed by atoms with Crippen molar-refractivity contribution in [3.05, 3.63) is 36.0 Å². The van der Waals surface area contributed by atoms with Crippen molar-refractivity contribution < 1.29 is 136 Å². The van der Waals surface area contributed by atoms with Crippen LogP contribution in [-0.2, 0) is 117 Å². The van der Waals surface area contributed by atoms with Crippen LogP contribution in [0, 0.1) is 17.8 Å². The van der Waals surface area contributed by atoms with Crippen LogP contribution in [0.15, 0.2) is 30.5 Å². The Bertz CT molecular complexity index is 3970. The standard InChI is InChI=1S/C72H107N17O28/c1-10-32(3)18-14-12-13-15-21-47(92)79-41(25-37-29-76-39-20-17-16-19-38(37)39)63(105)81-40(22-23-50(95)96)62(104)87-56(58(101)60(75)102)69(111)86-55-36(7)117-72(115)54(33(4)11-2)85-68(110)53(34(5)24-51(97)98)84-65(107)42(26-45(73)90)80-48(93)30-77-67(109)57(59(116-9)71(113)114)88-66(108)43(27-46(74)91)83-64(106)44(28-52(99)100)82-61(103)35(6)78-49(94)31-89(8)70(55)112/h16-17,19-20,29,32-36,40-44,53-59,76,101H,10-15,18,21-28,30-31H2,1-9H3,(H2,73,90)(H2,74,91)(H2,75,102)(H,77,109)(H,78,94)(H,79,92)(H,80,93)(H,81,105)(H,82,103)(H,83,106)(H,84,107)(H,85,110)(H,86,111)(H,87,104)(H,88,108)(H,95,96)(H,97,98)(H,99,100)(H,113,114). The molecule has 1 saturated heterocycles. The number of likely N-dealkylation sites (N-methyl/N-ethyl adjacent to an activating group) is 1. The Morgan fingerprint density at radius 1 is 0.598 bits per heavy atom. The molecule has 648 valence electrons. The number of carboxylic acids is 4. The van der Waals surface area contributed by atoms with Crippen LogP contribution in [0.25, 0.3) is 10.9 Å². The van der Waals surface area contributed by atoms with Gasteiger partial charge in [-0.1, -0.05) is 91.3 Å². The van der Waals surface area contributed by atoms with Crippen molar-refractivity contribution >= 4 is 135 Å². The number of carboxylic acid groups (broad SMARTS) is 4. The molecule has 1 aromatic carbocycles. The monoisotopic (exact) mass is 1660 g/mol. The van der Waals surface area contributed by atoms with Crippen molar-refractivity contribution in [3.63, 3.8) is 0 Å². The molecule has 117 heavy (non-hydrogen) atoms. The number of amides is 16. The third-order valence-corrected chi connectivity index (χ3v) is 18.9. The minimum absolute atomic E-state index is 0.0345. The number of aliphatic hydroxyl groups excluding tert-OH is 1. The third kappa shape index (κ3) is 32.8. The number of aromatic nitrogens is 1. The van der Waals surface area contributed by atoms with Gasteiger partial charge in [0.05, 0.1) is 38.8 Å². The fourth-order valence-electron chi connectivity index (χ4n) is 11.9. The lowest BCUT2D eigenvalue weighted by atomic mass is 9.94. The number of rotatable bonds is 36. The summed E-state index contributed by atoms with van der Waals surface area (Å²) in [6.45, 7) is 7.57. The zero-order valence-corrected chi connectivity index (χ0v) is 66.0. The van der Waals surface area contributed by atoms with E-state index in [0.29, 0.717) is 40.1 Å². The Kier molecular flexibility index (Phi) is 40.6. The van der Waals surface area contributed by atoms with Gasteiger partial charge in [-0.05, 0) is 56.1 Å². The molecule has 0 spiro atoms. The first kappa shape index (κ1) is 98.7. The van der Waals surface area contributed by atoms with Gasteiger partial charge in [0, 0.05) is 50.5 Å². The van der Waals surface area contributed by atoms with Crippen LogP contribution in [0.4, 0.5) is 0 Å². The first-order chi connectivity index (χ1) is 54.8. The number of hydrogen-bond acceptors (Lipinski definition) is 24. The summed E-state index contributed by atoms with van der Waals surface area (Å²) in [6.07, 6.45) is -7.53. The summed E-state index contributed by atoms with van der Waals surface area (Å²) in [5.41, 5.74) is 17.4. The number of H-pyrrole nitrogens is 1. The van der Waals surface area contributed by atoms with Crippen LogP contribution in [0.5, 0.6) is 0 Å². The molecule has 24 N–H and O–H groups in total. The van der Waals surface area contributed by atoms with Gasteiger partial charge < -0.3 is 126 Å². The highest BCUT2D eigenvalue weighted by molar-refractivity contribution is 6.03. The highest BCUT2D eigenvalue weighted by Crippen LogP contribution is 2.22. The molecular formula is C72H107N17O28. The molecule has 1 aliphatic heterocycles. The smallest absolute Gasteiger partial charge is 0.335 e. The minimum atomic E-state index is -2.82. The molecule has 3 rings (SSSR count). The zero-order valence-electron chi connectivity index (χ0n) is 66.0. The Morgan fingerprint density at radius 2 is 1.17 bits per heavy atom. The fraction of sp³-hybridized carbons (Fsp3) is 0.597. The van der Waals surface area contributed by atoms with Gasteiger partial charge >= 0.3 is 29.8 Å². The third-order valence-electron chi connectivity index (χ3n) is 18.9. The van der Waals surface area contributed by atoms with Crippen LogP contribution in [0.2, 0.25) is 0 Å². The molecular weight excluding hydrogens is 1550 g/mol. The first-order valence-corrected chi connectivity index (χ1v) is 37.4. The maximum Gasteiger partial charge on any atom is 0.335 e. The molecule has 1 fully saturated rings. The van der Waals surface area contributed by atoms with E-state index in [1.165, 1.54) is 13.8 Å². The van der Waals surface area contributed by atoms with E-state index in [4.69, 9.17) is 26.7 Å². The minimum Gasteiger partial charge on any atom is -0.481 e. The number of methoxy groups -OCH3 is 1. The molecule has 0 bridgehead atoms. The maximum absolute atomic E-state index is 15.0. The van der Waals surface area contributed by atoms with Crippen molar-refractivity contribution in [1.29, 1.82) is 0 Å². The number of nitrogens with zero attached hydrogens (tertiary/aromatic N) is 1. The second-order valence-electron chi connectivity index (χ2n) is 28.4. The van der Waals surface area contributed by atoms with Crippen molar-refractivity contribution in [2.24, 2.45) is 35.0 Å². The van der Waals surface area contributed by atoms with E-state index in [1.807, 2.05) is 31.9 Å². The number of aliphatic carboxylic acids is 4. The molecule has 0 saturated carbocycles. The molecule has 45 heteroatoms. The highest BCUT2D eigenvalue weighted by atomic mass is 16.5. The van der Waals surface area contributed by atoms with Gasteiger partial charge in [0.25, 0.3) is 0 Å². The zero-order chi connectivity index (χ0) is 88.4. The number of nitrogens with two attached hydrogens (primary N) is 3. The normalized spacial score (nSPS) is 22.2. The number of benzene rings is 1. The van der Waals surface area contributed by atoms with E-state index in [-0.39, 0.29) is 19.3 Å². The molecule has 2 heterocycles. The van der Waals surface area contributed by atoms with Crippen LogP contribution in [-0.4, -0.2) is 272 Å². The van der Waals surface area contributed by atoms with E-state index in [1.54, 1.807) is 30.5 Å². The van der Waals surface area contributed by atoms with Gasteiger partial charge in [0.15, 0.2) is 12.2 Å². The van der Waals surface area contributed by atoms with Gasteiger partial charge in [-0.25, -0.2) is 9.59 Å². The molecule has 1 aromatic heterocycles. The number of ether oxygens (including phenoxy) is 2. The Hall–Kier alpha value is -12.4. The van der Waals surface area contributed by atoms with E-state index >= 15 is 0 Å². The van der Waals surface area contributed by atoms with Gasteiger partial charge in [-0.15, -0.1) is 0 Å². The highest BCUT2D eigenvalue weighted by Gasteiger charge is 2.44. The van der Waals surface area contributed by atoms with Crippen LogP contribution in [0.3, 0.4) is 0 Å². The van der Waals surface area contributed by atoms with Crippen molar-refractivity contribution in [2.75, 3.05) is 27.2 Å². The lowest BCUT2D eigenvalue weighted by molar-refractivity contribution is -0.159. The van der Waals surface area contributed by atoms with Gasteiger partial charge in [0.2, 0.25) is 94.5 Å². The number of para-hydroxylation sites is 1. The topological polar surface area (TPSA) is 720 Å². The van der Waals surface area contributed by atoms with E-state index in [0.717, 1.165) is 60.6 Å². The summed E-state index contributed by atoms with van der Waals surface area (Å²) in [7, 11) is 1.60. The predicted octanol–water partition coefficient (Wildman–Crippen LogP) is -6.84.